The lowest BCUT2D eigenvalue weighted by atomic mass is 10.4. The SMILES string of the molecule is CNCNCCCN. The predicted molar refractivity (Wildman–Crippen MR) is 35.6 cm³/mol. The molecule has 8 heavy (non-hydrogen) atoms. The Balaban J connectivity index is 2.53. The summed E-state index contributed by atoms with van der Waals surface area (Å²) in [6.45, 7) is 2.66. The van der Waals surface area contributed by atoms with Crippen LogP contribution in [0.1, 0.15) is 6.42 Å². The zero-order chi connectivity index (χ0) is 6.24. The first-order chi connectivity index (χ1) is 3.91. The van der Waals surface area contributed by atoms with Crippen LogP contribution in [0.25, 0.3) is 0 Å². The maximum Gasteiger partial charge on any atom is 0.0451 e. The highest BCUT2D eigenvalue weighted by atomic mass is 15.0. The fourth-order valence-corrected chi connectivity index (χ4v) is 0.440. The van der Waals surface area contributed by atoms with Gasteiger partial charge >= 0.3 is 0 Å². The molecule has 0 aromatic carbocycles. The van der Waals surface area contributed by atoms with Gasteiger partial charge in [-0.25, -0.2) is 0 Å². The minimum absolute atomic E-state index is 0.775. The molecule has 0 aromatic heterocycles. The molecule has 0 spiro atoms. The van der Waals surface area contributed by atoms with Crippen LogP contribution in [0.5, 0.6) is 0 Å². The van der Waals surface area contributed by atoms with E-state index in [0.717, 1.165) is 26.2 Å². The van der Waals surface area contributed by atoms with Crippen molar-refractivity contribution < 1.29 is 0 Å². The van der Waals surface area contributed by atoms with Crippen molar-refractivity contribution in [3.63, 3.8) is 0 Å². The van der Waals surface area contributed by atoms with Crippen molar-refractivity contribution >= 4 is 0 Å². The van der Waals surface area contributed by atoms with Gasteiger partial charge in [-0.05, 0) is 26.6 Å². The molecular formula is C5H15N3. The first-order valence-electron chi connectivity index (χ1n) is 2.97. The highest BCUT2D eigenvalue weighted by Gasteiger charge is 1.79. The zero-order valence-electron chi connectivity index (χ0n) is 5.41. The van der Waals surface area contributed by atoms with E-state index < -0.39 is 0 Å². The Labute approximate surface area is 50.6 Å². The quantitative estimate of drug-likeness (QED) is 0.323. The lowest BCUT2D eigenvalue weighted by Crippen LogP contribution is -2.27. The normalized spacial score (nSPS) is 9.75. The first-order valence-corrected chi connectivity index (χ1v) is 2.97. The monoisotopic (exact) mass is 117 g/mol. The average Bonchev–Trinajstić information content (AvgIpc) is 1.81. The van der Waals surface area contributed by atoms with E-state index in [0.29, 0.717) is 0 Å². The van der Waals surface area contributed by atoms with Gasteiger partial charge in [0.1, 0.15) is 0 Å². The molecule has 0 aliphatic rings. The van der Waals surface area contributed by atoms with Crippen LogP contribution in [0.4, 0.5) is 0 Å². The average molecular weight is 117 g/mol. The van der Waals surface area contributed by atoms with Gasteiger partial charge in [-0.3, -0.25) is 0 Å². The Kier molecular flexibility index (Phi) is 6.78. The summed E-state index contributed by atoms with van der Waals surface area (Å²) in [6.07, 6.45) is 1.06. The highest BCUT2D eigenvalue weighted by molar-refractivity contribution is 4.43. The second-order valence-electron chi connectivity index (χ2n) is 1.67. The molecule has 3 nitrogen and oxygen atoms in total. The van der Waals surface area contributed by atoms with Crippen LogP contribution < -0.4 is 16.4 Å². The van der Waals surface area contributed by atoms with Crippen molar-refractivity contribution in [2.24, 2.45) is 5.73 Å². The van der Waals surface area contributed by atoms with Crippen LogP contribution in [0.3, 0.4) is 0 Å². The molecule has 0 amide bonds. The summed E-state index contributed by atoms with van der Waals surface area (Å²) >= 11 is 0. The van der Waals surface area contributed by atoms with Crippen molar-refractivity contribution in [1.82, 2.24) is 10.6 Å². The van der Waals surface area contributed by atoms with Crippen molar-refractivity contribution in [1.29, 1.82) is 0 Å². The van der Waals surface area contributed by atoms with E-state index in [1.54, 1.807) is 0 Å². The van der Waals surface area contributed by atoms with E-state index >= 15 is 0 Å². The first kappa shape index (κ1) is 7.88. The lowest BCUT2D eigenvalue weighted by molar-refractivity contribution is 0.612. The third-order valence-electron chi connectivity index (χ3n) is 0.859. The van der Waals surface area contributed by atoms with Gasteiger partial charge in [0.25, 0.3) is 0 Å². The Morgan fingerprint density at radius 3 is 2.75 bits per heavy atom. The van der Waals surface area contributed by atoms with E-state index in [1.807, 2.05) is 7.05 Å². The fraction of sp³-hybridized carbons (Fsp3) is 1.00. The summed E-state index contributed by atoms with van der Waals surface area (Å²) in [4.78, 5) is 0. The molecule has 0 atom stereocenters. The fourth-order valence-electron chi connectivity index (χ4n) is 0.440. The Hall–Kier alpha value is -0.120. The van der Waals surface area contributed by atoms with Gasteiger partial charge in [-0.15, -0.1) is 0 Å². The summed E-state index contributed by atoms with van der Waals surface area (Å²) in [6, 6.07) is 0. The second-order valence-corrected chi connectivity index (χ2v) is 1.67. The summed E-state index contributed by atoms with van der Waals surface area (Å²) in [5.74, 6) is 0. The molecule has 3 heteroatoms. The smallest absolute Gasteiger partial charge is 0.0451 e. The largest absolute Gasteiger partial charge is 0.330 e. The number of nitrogens with two attached hydrogens (primary N) is 1. The number of hydrogen-bond acceptors (Lipinski definition) is 3. The summed E-state index contributed by atoms with van der Waals surface area (Å²) < 4.78 is 0. The van der Waals surface area contributed by atoms with Crippen molar-refractivity contribution in [3.05, 3.63) is 0 Å². The molecule has 0 aliphatic carbocycles. The van der Waals surface area contributed by atoms with Gasteiger partial charge in [0.05, 0.1) is 0 Å². The Morgan fingerprint density at radius 1 is 1.50 bits per heavy atom. The molecule has 0 unspecified atom stereocenters. The third-order valence-corrected chi connectivity index (χ3v) is 0.859. The molecular weight excluding hydrogens is 102 g/mol. The second kappa shape index (κ2) is 6.88. The number of rotatable bonds is 5. The van der Waals surface area contributed by atoms with Crippen molar-refractivity contribution in [2.45, 2.75) is 6.42 Å². The molecule has 4 N–H and O–H groups in total. The van der Waals surface area contributed by atoms with Gasteiger partial charge in [-0.2, -0.15) is 0 Å². The van der Waals surface area contributed by atoms with Gasteiger partial charge in [0, 0.05) is 6.67 Å². The zero-order valence-corrected chi connectivity index (χ0v) is 5.41. The molecule has 50 valence electrons. The van der Waals surface area contributed by atoms with E-state index in [4.69, 9.17) is 5.73 Å². The maximum absolute atomic E-state index is 5.25. The number of hydrogen-bond donors (Lipinski definition) is 3. The molecule has 0 heterocycles. The molecule has 0 aromatic rings. The lowest BCUT2D eigenvalue weighted by Gasteiger charge is -1.99. The van der Waals surface area contributed by atoms with Gasteiger partial charge in [0.15, 0.2) is 0 Å². The summed E-state index contributed by atoms with van der Waals surface area (Å²) in [5.41, 5.74) is 5.25. The predicted octanol–water partition coefficient (Wildman–Crippen LogP) is -0.898. The van der Waals surface area contributed by atoms with E-state index in [-0.39, 0.29) is 0 Å². The van der Waals surface area contributed by atoms with Gasteiger partial charge < -0.3 is 16.4 Å². The van der Waals surface area contributed by atoms with Crippen LogP contribution in [0.15, 0.2) is 0 Å². The number of nitrogens with one attached hydrogen (secondary N) is 2. The minimum atomic E-state index is 0.775. The molecule has 0 saturated heterocycles. The minimum Gasteiger partial charge on any atom is -0.330 e. The third kappa shape index (κ3) is 5.88. The van der Waals surface area contributed by atoms with Crippen LogP contribution in [-0.4, -0.2) is 26.8 Å². The molecule has 0 radical (unpaired) electrons. The van der Waals surface area contributed by atoms with Crippen LogP contribution in [-0.2, 0) is 0 Å². The van der Waals surface area contributed by atoms with Gasteiger partial charge in [-0.1, -0.05) is 0 Å². The van der Waals surface area contributed by atoms with Gasteiger partial charge in [0.2, 0.25) is 0 Å². The molecule has 0 saturated carbocycles. The molecule has 0 aliphatic heterocycles. The molecule has 0 rings (SSSR count). The topological polar surface area (TPSA) is 50.1 Å². The van der Waals surface area contributed by atoms with E-state index in [2.05, 4.69) is 10.6 Å². The summed E-state index contributed by atoms with van der Waals surface area (Å²) in [7, 11) is 1.91. The molecule has 0 bridgehead atoms. The maximum atomic E-state index is 5.25. The Morgan fingerprint density at radius 2 is 2.25 bits per heavy atom. The standard InChI is InChI=1S/C5H15N3/c1-7-5-8-4-2-3-6/h7-8H,2-6H2,1H3. The van der Waals surface area contributed by atoms with Crippen molar-refractivity contribution in [3.8, 4) is 0 Å². The highest BCUT2D eigenvalue weighted by Crippen LogP contribution is 1.65. The van der Waals surface area contributed by atoms with E-state index in [9.17, 15) is 0 Å². The van der Waals surface area contributed by atoms with Crippen LogP contribution in [0, 0.1) is 0 Å². The van der Waals surface area contributed by atoms with E-state index in [1.165, 1.54) is 0 Å². The molecule has 0 fully saturated rings. The van der Waals surface area contributed by atoms with Crippen molar-refractivity contribution in [2.75, 3.05) is 26.8 Å². The Bertz CT molecular complexity index is 32.7. The van der Waals surface area contributed by atoms with Crippen LogP contribution in [0.2, 0.25) is 0 Å². The summed E-state index contributed by atoms with van der Waals surface area (Å²) in [5, 5.41) is 6.12. The van der Waals surface area contributed by atoms with Crippen LogP contribution >= 0.6 is 0 Å².